The Hall–Kier alpha value is -1.55. The van der Waals surface area contributed by atoms with Crippen molar-refractivity contribution in [2.24, 2.45) is 0 Å². The van der Waals surface area contributed by atoms with Crippen molar-refractivity contribution in [2.45, 2.75) is 6.23 Å². The zero-order valence-electron chi connectivity index (χ0n) is 7.19. The highest BCUT2D eigenvalue weighted by Gasteiger charge is 2.26. The Morgan fingerprint density at radius 1 is 1.46 bits per heavy atom. The van der Waals surface area contributed by atoms with Gasteiger partial charge in [0.05, 0.1) is 5.69 Å². The number of carbonyl (C=O) groups is 1. The predicted molar refractivity (Wildman–Crippen MR) is 48.2 cm³/mol. The number of hydrogen-bond donors (Lipinski definition) is 2. The largest absolute Gasteiger partial charge is 0.369 e. The second kappa shape index (κ2) is 2.74. The van der Waals surface area contributed by atoms with Crippen LogP contribution < -0.4 is 5.32 Å². The number of aliphatic hydroxyl groups is 1. The minimum Gasteiger partial charge on any atom is -0.369 e. The molecule has 68 valence electrons. The Bertz CT molecular complexity index is 351. The molecule has 0 saturated heterocycles. The molecular formula is C9H10N2O2. The molecule has 1 atom stereocenters. The van der Waals surface area contributed by atoms with Crippen LogP contribution in [0.4, 0.5) is 10.5 Å². The van der Waals surface area contributed by atoms with Crippen LogP contribution in [0, 0.1) is 0 Å². The molecular weight excluding hydrogens is 168 g/mol. The number of amides is 2. The average molecular weight is 178 g/mol. The third kappa shape index (κ3) is 1.15. The van der Waals surface area contributed by atoms with Crippen molar-refractivity contribution in [2.75, 3.05) is 12.4 Å². The first-order chi connectivity index (χ1) is 6.20. The molecule has 0 radical (unpaired) electrons. The maximum atomic E-state index is 11.2. The first-order valence-corrected chi connectivity index (χ1v) is 4.01. The predicted octanol–water partition coefficient (Wildman–Crippen LogP) is 1.15. The number of anilines is 1. The summed E-state index contributed by atoms with van der Waals surface area (Å²) in [5, 5.41) is 12.3. The number of rotatable bonds is 0. The Morgan fingerprint density at radius 2 is 2.15 bits per heavy atom. The van der Waals surface area contributed by atoms with Gasteiger partial charge in [-0.05, 0) is 6.07 Å². The summed E-state index contributed by atoms with van der Waals surface area (Å²) < 4.78 is 0. The maximum Gasteiger partial charge on any atom is 0.323 e. The lowest BCUT2D eigenvalue weighted by molar-refractivity contribution is 0.0475. The van der Waals surface area contributed by atoms with E-state index in [-0.39, 0.29) is 6.03 Å². The lowest BCUT2D eigenvalue weighted by Gasteiger charge is -2.30. The number of aliphatic hydroxyl groups excluding tert-OH is 1. The van der Waals surface area contributed by atoms with Gasteiger partial charge in [0, 0.05) is 12.6 Å². The summed E-state index contributed by atoms with van der Waals surface area (Å²) in [5.74, 6) is 0. The van der Waals surface area contributed by atoms with E-state index in [4.69, 9.17) is 0 Å². The number of fused-ring (bicyclic) bond motifs is 1. The van der Waals surface area contributed by atoms with E-state index in [0.717, 1.165) is 5.56 Å². The number of carbonyl (C=O) groups excluding carboxylic acids is 1. The van der Waals surface area contributed by atoms with Crippen LogP contribution in [0.5, 0.6) is 0 Å². The van der Waals surface area contributed by atoms with Gasteiger partial charge in [0.2, 0.25) is 0 Å². The fraction of sp³-hybridized carbons (Fsp3) is 0.222. The van der Waals surface area contributed by atoms with Crippen LogP contribution in [0.3, 0.4) is 0 Å². The number of urea groups is 1. The highest BCUT2D eigenvalue weighted by atomic mass is 16.3. The molecule has 0 bridgehead atoms. The van der Waals surface area contributed by atoms with E-state index in [9.17, 15) is 9.90 Å². The van der Waals surface area contributed by atoms with E-state index in [1.807, 2.05) is 12.1 Å². The Kier molecular flexibility index (Phi) is 1.70. The lowest BCUT2D eigenvalue weighted by atomic mass is 10.1. The molecule has 13 heavy (non-hydrogen) atoms. The van der Waals surface area contributed by atoms with Gasteiger partial charge in [-0.15, -0.1) is 0 Å². The van der Waals surface area contributed by atoms with Gasteiger partial charge in [-0.2, -0.15) is 0 Å². The van der Waals surface area contributed by atoms with Crippen LogP contribution in [0.1, 0.15) is 11.8 Å². The molecule has 2 amide bonds. The van der Waals surface area contributed by atoms with Crippen LogP contribution in [-0.2, 0) is 0 Å². The molecule has 1 aliphatic rings. The summed E-state index contributed by atoms with van der Waals surface area (Å²) in [6.07, 6.45) is -0.843. The molecule has 0 spiro atoms. The third-order valence-electron chi connectivity index (χ3n) is 2.17. The minimum atomic E-state index is -0.843. The SMILES string of the molecule is CN1C(=O)Nc2ccccc2C1O. The second-order valence-corrected chi connectivity index (χ2v) is 3.00. The summed E-state index contributed by atoms with van der Waals surface area (Å²) in [4.78, 5) is 12.5. The van der Waals surface area contributed by atoms with Crippen LogP contribution in [0.2, 0.25) is 0 Å². The number of hydrogen-bond acceptors (Lipinski definition) is 2. The van der Waals surface area contributed by atoms with Gasteiger partial charge in [0.25, 0.3) is 0 Å². The standard InChI is InChI=1S/C9H10N2O2/c1-11-8(12)6-4-2-3-5-7(6)10-9(11)13/h2-5,8,12H,1H3,(H,10,13). The number of benzene rings is 1. The van der Waals surface area contributed by atoms with E-state index < -0.39 is 6.23 Å². The first kappa shape index (κ1) is 8.07. The van der Waals surface area contributed by atoms with Gasteiger partial charge in [-0.3, -0.25) is 4.90 Å². The van der Waals surface area contributed by atoms with Gasteiger partial charge in [-0.1, -0.05) is 18.2 Å². The van der Waals surface area contributed by atoms with Gasteiger partial charge in [-0.25, -0.2) is 4.79 Å². The van der Waals surface area contributed by atoms with Crippen molar-refractivity contribution in [3.8, 4) is 0 Å². The van der Waals surface area contributed by atoms with E-state index in [1.54, 1.807) is 19.2 Å². The maximum absolute atomic E-state index is 11.2. The van der Waals surface area contributed by atoms with Crippen LogP contribution >= 0.6 is 0 Å². The lowest BCUT2D eigenvalue weighted by Crippen LogP contribution is -2.39. The fourth-order valence-electron chi connectivity index (χ4n) is 1.36. The molecule has 0 saturated carbocycles. The van der Waals surface area contributed by atoms with Crippen LogP contribution in [-0.4, -0.2) is 23.1 Å². The van der Waals surface area contributed by atoms with Crippen molar-refractivity contribution in [3.63, 3.8) is 0 Å². The summed E-state index contributed by atoms with van der Waals surface area (Å²) in [5.41, 5.74) is 1.41. The smallest absolute Gasteiger partial charge is 0.323 e. The molecule has 1 heterocycles. The van der Waals surface area contributed by atoms with E-state index >= 15 is 0 Å². The Balaban J connectivity index is 2.49. The molecule has 0 aromatic heterocycles. The Morgan fingerprint density at radius 3 is 2.92 bits per heavy atom. The highest BCUT2D eigenvalue weighted by Crippen LogP contribution is 2.29. The van der Waals surface area contributed by atoms with Gasteiger partial charge in [0.1, 0.15) is 0 Å². The summed E-state index contributed by atoms with van der Waals surface area (Å²) >= 11 is 0. The molecule has 2 rings (SSSR count). The van der Waals surface area contributed by atoms with Gasteiger partial charge in [0.15, 0.2) is 6.23 Å². The van der Waals surface area contributed by atoms with E-state index in [1.165, 1.54) is 4.90 Å². The van der Waals surface area contributed by atoms with Gasteiger partial charge < -0.3 is 10.4 Å². The molecule has 0 fully saturated rings. The average Bonchev–Trinajstić information content (AvgIpc) is 2.15. The topological polar surface area (TPSA) is 52.6 Å². The third-order valence-corrected chi connectivity index (χ3v) is 2.17. The quantitative estimate of drug-likeness (QED) is 0.626. The van der Waals surface area contributed by atoms with Crippen LogP contribution in [0.25, 0.3) is 0 Å². The number of nitrogens with zero attached hydrogens (tertiary/aromatic N) is 1. The molecule has 1 aliphatic heterocycles. The van der Waals surface area contributed by atoms with Crippen molar-refractivity contribution in [3.05, 3.63) is 29.8 Å². The van der Waals surface area contributed by atoms with Crippen molar-refractivity contribution in [1.82, 2.24) is 4.90 Å². The van der Waals surface area contributed by atoms with E-state index in [0.29, 0.717) is 5.69 Å². The van der Waals surface area contributed by atoms with Gasteiger partial charge >= 0.3 is 6.03 Å². The van der Waals surface area contributed by atoms with E-state index in [2.05, 4.69) is 5.32 Å². The number of nitrogens with one attached hydrogen (secondary N) is 1. The molecule has 1 aromatic rings. The molecule has 1 aromatic carbocycles. The monoisotopic (exact) mass is 178 g/mol. The van der Waals surface area contributed by atoms with Crippen molar-refractivity contribution < 1.29 is 9.90 Å². The summed E-state index contributed by atoms with van der Waals surface area (Å²) in [6.45, 7) is 0. The highest BCUT2D eigenvalue weighted by molar-refractivity contribution is 5.92. The minimum absolute atomic E-state index is 0.286. The molecule has 2 N–H and O–H groups in total. The zero-order chi connectivity index (χ0) is 9.42. The van der Waals surface area contributed by atoms with Crippen molar-refractivity contribution >= 4 is 11.7 Å². The number of para-hydroxylation sites is 1. The Labute approximate surface area is 75.8 Å². The molecule has 4 heteroatoms. The molecule has 0 aliphatic carbocycles. The summed E-state index contributed by atoms with van der Waals surface area (Å²) in [6, 6.07) is 6.91. The molecule has 4 nitrogen and oxygen atoms in total. The van der Waals surface area contributed by atoms with Crippen LogP contribution in [0.15, 0.2) is 24.3 Å². The zero-order valence-corrected chi connectivity index (χ0v) is 7.19. The van der Waals surface area contributed by atoms with Crippen molar-refractivity contribution in [1.29, 1.82) is 0 Å². The summed E-state index contributed by atoms with van der Waals surface area (Å²) in [7, 11) is 1.55. The second-order valence-electron chi connectivity index (χ2n) is 3.00. The molecule has 1 unspecified atom stereocenters. The fourth-order valence-corrected chi connectivity index (χ4v) is 1.36. The normalized spacial score (nSPS) is 20.9. The first-order valence-electron chi connectivity index (χ1n) is 4.01.